The second-order valence-electron chi connectivity index (χ2n) is 2.58. The van der Waals surface area contributed by atoms with E-state index in [2.05, 4.69) is 9.97 Å². The summed E-state index contributed by atoms with van der Waals surface area (Å²) < 4.78 is 5.70. The van der Waals surface area contributed by atoms with Crippen LogP contribution in [-0.2, 0) is 4.74 Å². The van der Waals surface area contributed by atoms with Crippen molar-refractivity contribution in [3.63, 3.8) is 0 Å². The Morgan fingerprint density at radius 2 is 2.43 bits per heavy atom. The quantitative estimate of drug-likeness (QED) is 0.707. The highest BCUT2D eigenvalue weighted by molar-refractivity contribution is 7.17. The van der Waals surface area contributed by atoms with Gasteiger partial charge in [-0.3, -0.25) is 0 Å². The minimum absolute atomic E-state index is 0.316. The number of nitrogens with zero attached hydrogens (tertiary/aromatic N) is 2. The predicted octanol–water partition coefficient (Wildman–Crippen LogP) is 1.87. The zero-order valence-electron chi connectivity index (χ0n) is 7.56. The number of ether oxygens (including phenoxy) is 1. The topological polar surface area (TPSA) is 52.1 Å². The van der Waals surface area contributed by atoms with Gasteiger partial charge in [0.1, 0.15) is 0 Å². The Kier molecular flexibility index (Phi) is 2.41. The van der Waals surface area contributed by atoms with Gasteiger partial charge in [-0.2, -0.15) is 0 Å². The Hall–Kier alpha value is -1.49. The highest BCUT2D eigenvalue weighted by Gasteiger charge is 2.12. The van der Waals surface area contributed by atoms with Gasteiger partial charge in [0.2, 0.25) is 0 Å². The number of fused-ring (bicyclic) bond motifs is 1. The molecule has 0 amide bonds. The second-order valence-corrected chi connectivity index (χ2v) is 3.44. The molecule has 0 aliphatic rings. The molecule has 2 heterocycles. The molecular weight excluding hydrogens is 200 g/mol. The molecule has 0 bridgehead atoms. The summed E-state index contributed by atoms with van der Waals surface area (Å²) in [4.78, 5) is 19.5. The van der Waals surface area contributed by atoms with Crippen molar-refractivity contribution in [2.24, 2.45) is 0 Å². The van der Waals surface area contributed by atoms with Crippen molar-refractivity contribution in [3.8, 4) is 0 Å². The number of esters is 1. The number of hydrogen-bond donors (Lipinski definition) is 0. The summed E-state index contributed by atoms with van der Waals surface area (Å²) in [6, 6.07) is 1.65. The maximum atomic E-state index is 11.5. The van der Waals surface area contributed by atoms with Crippen molar-refractivity contribution in [2.45, 2.75) is 6.92 Å². The van der Waals surface area contributed by atoms with Crippen LogP contribution in [0.3, 0.4) is 0 Å². The van der Waals surface area contributed by atoms with Crippen molar-refractivity contribution in [1.29, 1.82) is 0 Å². The summed E-state index contributed by atoms with van der Waals surface area (Å²) in [6.45, 7) is 2.16. The smallest absolute Gasteiger partial charge is 0.339 e. The van der Waals surface area contributed by atoms with E-state index in [0.29, 0.717) is 17.8 Å². The summed E-state index contributed by atoms with van der Waals surface area (Å²) in [6.07, 6.45) is 1.56. The van der Waals surface area contributed by atoms with Crippen molar-refractivity contribution < 1.29 is 9.53 Å². The largest absolute Gasteiger partial charge is 0.462 e. The molecule has 0 spiro atoms. The fourth-order valence-electron chi connectivity index (χ4n) is 1.14. The number of aromatic nitrogens is 2. The van der Waals surface area contributed by atoms with Crippen LogP contribution in [0.1, 0.15) is 17.3 Å². The Balaban J connectivity index is 2.50. The first kappa shape index (κ1) is 9.08. The van der Waals surface area contributed by atoms with E-state index >= 15 is 0 Å². The average Bonchev–Trinajstić information content (AvgIpc) is 2.65. The summed E-state index contributed by atoms with van der Waals surface area (Å²) in [5.74, 6) is -0.316. The van der Waals surface area contributed by atoms with Crippen LogP contribution in [0.25, 0.3) is 10.3 Å². The summed E-state index contributed by atoms with van der Waals surface area (Å²) >= 11 is 1.39. The van der Waals surface area contributed by atoms with E-state index in [0.717, 1.165) is 4.70 Å². The summed E-state index contributed by atoms with van der Waals surface area (Å²) in [5, 5.41) is 0. The molecule has 0 atom stereocenters. The maximum Gasteiger partial charge on any atom is 0.339 e. The zero-order chi connectivity index (χ0) is 9.97. The van der Waals surface area contributed by atoms with Gasteiger partial charge >= 0.3 is 5.97 Å². The van der Waals surface area contributed by atoms with Crippen molar-refractivity contribution in [1.82, 2.24) is 9.97 Å². The molecule has 0 unspecified atom stereocenters. The third kappa shape index (κ3) is 1.46. The molecule has 4 nitrogen and oxygen atoms in total. The van der Waals surface area contributed by atoms with Gasteiger partial charge < -0.3 is 4.74 Å². The van der Waals surface area contributed by atoms with Gasteiger partial charge in [-0.15, -0.1) is 11.3 Å². The molecule has 0 saturated heterocycles. The lowest BCUT2D eigenvalue weighted by Crippen LogP contribution is -2.04. The van der Waals surface area contributed by atoms with Crippen molar-refractivity contribution >= 4 is 27.7 Å². The van der Waals surface area contributed by atoms with Gasteiger partial charge in [-0.05, 0) is 13.0 Å². The molecular formula is C9H8N2O2S. The highest BCUT2D eigenvalue weighted by Crippen LogP contribution is 2.20. The van der Waals surface area contributed by atoms with E-state index in [4.69, 9.17) is 4.74 Å². The second kappa shape index (κ2) is 3.71. The number of pyridine rings is 1. The van der Waals surface area contributed by atoms with E-state index in [1.165, 1.54) is 11.3 Å². The molecule has 2 rings (SSSR count). The van der Waals surface area contributed by atoms with Crippen molar-refractivity contribution in [3.05, 3.63) is 23.3 Å². The van der Waals surface area contributed by atoms with Crippen LogP contribution in [0.4, 0.5) is 0 Å². The fraction of sp³-hybridized carbons (Fsp3) is 0.222. The molecule has 0 aromatic carbocycles. The van der Waals surface area contributed by atoms with Crippen LogP contribution in [-0.4, -0.2) is 22.5 Å². The SMILES string of the molecule is CCOC(=O)c1ccnc2ncsc12. The van der Waals surface area contributed by atoms with Crippen LogP contribution in [0.5, 0.6) is 0 Å². The van der Waals surface area contributed by atoms with Crippen molar-refractivity contribution in [2.75, 3.05) is 6.61 Å². The third-order valence-electron chi connectivity index (χ3n) is 1.73. The lowest BCUT2D eigenvalue weighted by Gasteiger charge is -2.00. The van der Waals surface area contributed by atoms with Crippen LogP contribution >= 0.6 is 11.3 Å². The number of carbonyl (C=O) groups is 1. The average molecular weight is 208 g/mol. The lowest BCUT2D eigenvalue weighted by molar-refractivity contribution is 0.0529. The van der Waals surface area contributed by atoms with Gasteiger partial charge in [0.25, 0.3) is 0 Å². The first-order valence-corrected chi connectivity index (χ1v) is 5.06. The van der Waals surface area contributed by atoms with E-state index in [1.54, 1.807) is 24.7 Å². The summed E-state index contributed by atoms with van der Waals surface area (Å²) in [7, 11) is 0. The minimum Gasteiger partial charge on any atom is -0.462 e. The number of hydrogen-bond acceptors (Lipinski definition) is 5. The maximum absolute atomic E-state index is 11.5. The van der Waals surface area contributed by atoms with Gasteiger partial charge in [0.05, 0.1) is 22.4 Å². The molecule has 0 radical (unpaired) electrons. The fourth-order valence-corrected chi connectivity index (χ4v) is 1.89. The molecule has 0 aliphatic carbocycles. The zero-order valence-corrected chi connectivity index (χ0v) is 8.37. The third-order valence-corrected chi connectivity index (χ3v) is 2.58. The van der Waals surface area contributed by atoms with Gasteiger partial charge in [-0.1, -0.05) is 0 Å². The Labute approximate surface area is 84.6 Å². The first-order valence-electron chi connectivity index (χ1n) is 4.18. The first-order chi connectivity index (χ1) is 6.83. The van der Waals surface area contributed by atoms with E-state index in [9.17, 15) is 4.79 Å². The van der Waals surface area contributed by atoms with Gasteiger partial charge in [-0.25, -0.2) is 14.8 Å². The lowest BCUT2D eigenvalue weighted by atomic mass is 10.3. The van der Waals surface area contributed by atoms with E-state index in [-0.39, 0.29) is 5.97 Å². The van der Waals surface area contributed by atoms with Gasteiger partial charge in [0, 0.05) is 6.20 Å². The minimum atomic E-state index is -0.316. The van der Waals surface area contributed by atoms with Gasteiger partial charge in [0.15, 0.2) is 5.65 Å². The molecule has 0 fully saturated rings. The molecule has 72 valence electrons. The molecule has 5 heteroatoms. The van der Waals surface area contributed by atoms with Crippen LogP contribution in [0.2, 0.25) is 0 Å². The Morgan fingerprint density at radius 3 is 3.21 bits per heavy atom. The highest BCUT2D eigenvalue weighted by atomic mass is 32.1. The normalized spacial score (nSPS) is 10.4. The number of carbonyl (C=O) groups excluding carboxylic acids is 1. The van der Waals surface area contributed by atoms with Crippen LogP contribution in [0.15, 0.2) is 17.8 Å². The van der Waals surface area contributed by atoms with E-state index < -0.39 is 0 Å². The number of rotatable bonds is 2. The Morgan fingerprint density at radius 1 is 1.57 bits per heavy atom. The molecule has 14 heavy (non-hydrogen) atoms. The Bertz CT molecular complexity index is 467. The molecule has 0 aliphatic heterocycles. The summed E-state index contributed by atoms with van der Waals surface area (Å²) in [5.41, 5.74) is 2.81. The number of thiazole rings is 1. The van der Waals surface area contributed by atoms with E-state index in [1.807, 2.05) is 0 Å². The standard InChI is InChI=1S/C9H8N2O2S/c1-2-13-9(12)6-3-4-10-8-7(6)14-5-11-8/h3-5H,2H2,1H3. The molecule has 0 saturated carbocycles. The van der Waals surface area contributed by atoms with Crippen LogP contribution in [0, 0.1) is 0 Å². The molecule has 2 aromatic heterocycles. The molecule has 0 N–H and O–H groups in total. The predicted molar refractivity (Wildman–Crippen MR) is 53.4 cm³/mol. The molecule has 2 aromatic rings. The monoisotopic (exact) mass is 208 g/mol. The van der Waals surface area contributed by atoms with Crippen LogP contribution < -0.4 is 0 Å².